The van der Waals surface area contributed by atoms with Crippen LogP contribution in [0.2, 0.25) is 0 Å². The number of hydrogen-bond donors (Lipinski definition) is 4. The van der Waals surface area contributed by atoms with E-state index in [0.29, 0.717) is 31.2 Å². The Morgan fingerprint density at radius 1 is 0.724 bits per heavy atom. The Kier molecular flexibility index (Phi) is 5.51. The minimum atomic E-state index is -0.101. The quantitative estimate of drug-likeness (QED) is 0.370. The van der Waals surface area contributed by atoms with Crippen LogP contribution in [0.5, 0.6) is 0 Å². The first-order valence-electron chi connectivity index (χ1n) is 9.58. The van der Waals surface area contributed by atoms with Crippen molar-refractivity contribution in [3.05, 3.63) is 60.2 Å². The lowest BCUT2D eigenvalue weighted by Crippen LogP contribution is -2.25. The molecule has 4 N–H and O–H groups in total. The van der Waals surface area contributed by atoms with E-state index in [2.05, 4.69) is 30.6 Å². The Bertz CT molecular complexity index is 990. The number of aromatic amines is 2. The number of amides is 2. The number of H-pyrrole nitrogens is 2. The van der Waals surface area contributed by atoms with E-state index in [1.807, 2.05) is 48.5 Å². The van der Waals surface area contributed by atoms with Crippen LogP contribution >= 0.6 is 0 Å². The summed E-state index contributed by atoms with van der Waals surface area (Å²) in [5.41, 5.74) is 3.63. The summed E-state index contributed by atoms with van der Waals surface area (Å²) in [6.45, 7) is 0.678. The van der Waals surface area contributed by atoms with Crippen molar-refractivity contribution in [1.29, 1.82) is 0 Å². The molecule has 0 aliphatic heterocycles. The number of rotatable bonds is 8. The van der Waals surface area contributed by atoms with E-state index >= 15 is 0 Å². The standard InChI is InChI=1S/C21H22N6O2/c28-20(22-12-18-24-14-6-1-2-7-15(14)25-18)10-5-11-21(29)23-13-19-26-16-8-3-4-9-17(16)27-19/h1-4,6-9H,5,10-13H2,(H,22,28)(H,23,29)(H,24,25)(H,26,27). The molecule has 2 aromatic heterocycles. The molecule has 8 heteroatoms. The third-order valence-electron chi connectivity index (χ3n) is 4.59. The van der Waals surface area contributed by atoms with Crippen LogP contribution < -0.4 is 10.6 Å². The highest BCUT2D eigenvalue weighted by Gasteiger charge is 2.08. The molecule has 4 aromatic rings. The van der Waals surface area contributed by atoms with Crippen LogP contribution in [-0.2, 0) is 22.7 Å². The number of imidazole rings is 2. The van der Waals surface area contributed by atoms with Gasteiger partial charge in [0.2, 0.25) is 11.8 Å². The van der Waals surface area contributed by atoms with Crippen molar-refractivity contribution < 1.29 is 9.59 Å². The summed E-state index contributed by atoms with van der Waals surface area (Å²) >= 11 is 0. The van der Waals surface area contributed by atoms with Gasteiger partial charge in [-0.15, -0.1) is 0 Å². The molecule has 0 spiro atoms. The van der Waals surface area contributed by atoms with Crippen molar-refractivity contribution in [2.45, 2.75) is 32.4 Å². The van der Waals surface area contributed by atoms with Gasteiger partial charge in [0.1, 0.15) is 11.6 Å². The second kappa shape index (κ2) is 8.55. The second-order valence-electron chi connectivity index (χ2n) is 6.81. The third-order valence-corrected chi connectivity index (χ3v) is 4.59. The van der Waals surface area contributed by atoms with Gasteiger partial charge >= 0.3 is 0 Å². The van der Waals surface area contributed by atoms with Gasteiger partial charge in [0.25, 0.3) is 0 Å². The molecule has 0 unspecified atom stereocenters. The van der Waals surface area contributed by atoms with Gasteiger partial charge in [0, 0.05) is 12.8 Å². The van der Waals surface area contributed by atoms with E-state index in [0.717, 1.165) is 22.1 Å². The molecule has 0 aliphatic rings. The molecule has 4 rings (SSSR count). The summed E-state index contributed by atoms with van der Waals surface area (Å²) in [4.78, 5) is 39.2. The fourth-order valence-electron chi connectivity index (χ4n) is 3.13. The van der Waals surface area contributed by atoms with Crippen molar-refractivity contribution >= 4 is 33.9 Å². The summed E-state index contributed by atoms with van der Waals surface area (Å²) in [6.07, 6.45) is 1.06. The molecule has 29 heavy (non-hydrogen) atoms. The Morgan fingerprint density at radius 3 is 1.62 bits per heavy atom. The average Bonchev–Trinajstić information content (AvgIpc) is 3.34. The molecule has 0 saturated heterocycles. The van der Waals surface area contributed by atoms with Gasteiger partial charge in [0.05, 0.1) is 35.2 Å². The Balaban J connectivity index is 1.15. The topological polar surface area (TPSA) is 116 Å². The van der Waals surface area contributed by atoms with Crippen molar-refractivity contribution in [1.82, 2.24) is 30.6 Å². The lowest BCUT2D eigenvalue weighted by Gasteiger charge is -2.04. The van der Waals surface area contributed by atoms with E-state index < -0.39 is 0 Å². The minimum absolute atomic E-state index is 0.101. The monoisotopic (exact) mass is 390 g/mol. The molecular weight excluding hydrogens is 368 g/mol. The number of benzene rings is 2. The number of hydrogen-bond acceptors (Lipinski definition) is 4. The van der Waals surface area contributed by atoms with Crippen LogP contribution in [-0.4, -0.2) is 31.8 Å². The average molecular weight is 390 g/mol. The first-order chi connectivity index (χ1) is 14.2. The molecule has 2 amide bonds. The van der Waals surface area contributed by atoms with Gasteiger partial charge in [-0.2, -0.15) is 0 Å². The highest BCUT2D eigenvalue weighted by atomic mass is 16.2. The van der Waals surface area contributed by atoms with E-state index in [1.54, 1.807) is 0 Å². The van der Waals surface area contributed by atoms with Crippen LogP contribution in [0.3, 0.4) is 0 Å². The van der Waals surface area contributed by atoms with Gasteiger partial charge < -0.3 is 20.6 Å². The fraction of sp³-hybridized carbons (Fsp3) is 0.238. The highest BCUT2D eigenvalue weighted by molar-refractivity contribution is 5.79. The number of nitrogens with zero attached hydrogens (tertiary/aromatic N) is 2. The Labute approximate surface area is 167 Å². The third kappa shape index (κ3) is 4.78. The first-order valence-corrected chi connectivity index (χ1v) is 9.58. The maximum absolute atomic E-state index is 12.0. The number of aromatic nitrogens is 4. The number of fused-ring (bicyclic) bond motifs is 2. The minimum Gasteiger partial charge on any atom is -0.349 e. The molecule has 0 saturated carbocycles. The van der Waals surface area contributed by atoms with Crippen molar-refractivity contribution in [3.63, 3.8) is 0 Å². The smallest absolute Gasteiger partial charge is 0.220 e. The number of carbonyl (C=O) groups is 2. The Morgan fingerprint density at radius 2 is 1.17 bits per heavy atom. The molecule has 0 aliphatic carbocycles. The first kappa shape index (κ1) is 18.7. The maximum atomic E-state index is 12.0. The lowest BCUT2D eigenvalue weighted by atomic mass is 10.2. The summed E-state index contributed by atoms with van der Waals surface area (Å²) in [5, 5.41) is 5.65. The van der Waals surface area contributed by atoms with Crippen LogP contribution in [0.15, 0.2) is 48.5 Å². The largest absolute Gasteiger partial charge is 0.349 e. The van der Waals surface area contributed by atoms with E-state index in [9.17, 15) is 9.59 Å². The molecule has 0 bridgehead atoms. The van der Waals surface area contributed by atoms with Crippen LogP contribution in [0.4, 0.5) is 0 Å². The van der Waals surface area contributed by atoms with Crippen molar-refractivity contribution in [3.8, 4) is 0 Å². The zero-order valence-corrected chi connectivity index (χ0v) is 15.9. The van der Waals surface area contributed by atoms with E-state index in [1.165, 1.54) is 0 Å². The number of nitrogens with one attached hydrogen (secondary N) is 4. The zero-order chi connectivity index (χ0) is 20.1. The summed E-state index contributed by atoms with van der Waals surface area (Å²) in [6, 6.07) is 15.4. The van der Waals surface area contributed by atoms with Gasteiger partial charge in [-0.1, -0.05) is 24.3 Å². The van der Waals surface area contributed by atoms with Gasteiger partial charge in [-0.25, -0.2) is 9.97 Å². The molecule has 0 radical (unpaired) electrons. The van der Waals surface area contributed by atoms with E-state index in [4.69, 9.17) is 0 Å². The molecule has 2 heterocycles. The number of carbonyl (C=O) groups excluding carboxylic acids is 2. The molecule has 8 nitrogen and oxygen atoms in total. The fourth-order valence-corrected chi connectivity index (χ4v) is 3.13. The molecule has 2 aromatic carbocycles. The van der Waals surface area contributed by atoms with Gasteiger partial charge in [0.15, 0.2) is 0 Å². The van der Waals surface area contributed by atoms with Gasteiger partial charge in [-0.05, 0) is 30.7 Å². The van der Waals surface area contributed by atoms with Crippen LogP contribution in [0.25, 0.3) is 22.1 Å². The summed E-state index contributed by atoms with van der Waals surface area (Å²) in [7, 11) is 0. The normalized spacial score (nSPS) is 11.0. The predicted octanol–water partition coefficient (Wildman–Crippen LogP) is 2.54. The second-order valence-corrected chi connectivity index (χ2v) is 6.81. The van der Waals surface area contributed by atoms with Crippen molar-refractivity contribution in [2.24, 2.45) is 0 Å². The lowest BCUT2D eigenvalue weighted by molar-refractivity contribution is -0.122. The molecule has 0 fully saturated rings. The summed E-state index contributed by atoms with van der Waals surface area (Å²) in [5.74, 6) is 1.22. The highest BCUT2D eigenvalue weighted by Crippen LogP contribution is 2.11. The van der Waals surface area contributed by atoms with E-state index in [-0.39, 0.29) is 24.7 Å². The molecular formula is C21H22N6O2. The predicted molar refractivity (Wildman–Crippen MR) is 110 cm³/mol. The molecule has 0 atom stereocenters. The van der Waals surface area contributed by atoms with Gasteiger partial charge in [-0.3, -0.25) is 9.59 Å². The van der Waals surface area contributed by atoms with Crippen LogP contribution in [0.1, 0.15) is 30.9 Å². The van der Waals surface area contributed by atoms with Crippen LogP contribution in [0, 0.1) is 0 Å². The van der Waals surface area contributed by atoms with Crippen molar-refractivity contribution in [2.75, 3.05) is 0 Å². The Hall–Kier alpha value is -3.68. The summed E-state index contributed by atoms with van der Waals surface area (Å²) < 4.78 is 0. The maximum Gasteiger partial charge on any atom is 0.220 e. The number of para-hydroxylation sites is 4. The molecule has 148 valence electrons. The zero-order valence-electron chi connectivity index (χ0n) is 15.9. The SMILES string of the molecule is O=C(CCCC(=O)NCc1nc2ccccc2[nH]1)NCc1nc2ccccc2[nH]1.